The fraction of sp³-hybridized carbons (Fsp3) is 0.700. The molecule has 0 radical (unpaired) electrons. The van der Waals surface area contributed by atoms with Crippen molar-refractivity contribution in [1.29, 1.82) is 0 Å². The van der Waals surface area contributed by atoms with Crippen LogP contribution in [0.25, 0.3) is 0 Å². The zero-order chi connectivity index (χ0) is 21.3. The zero-order valence-electron chi connectivity index (χ0n) is 17.3. The molecule has 4 atom stereocenters. The van der Waals surface area contributed by atoms with Crippen LogP contribution in [-0.2, 0) is 20.8 Å². The second-order valence-corrected chi connectivity index (χ2v) is 7.70. The van der Waals surface area contributed by atoms with Crippen LogP contribution in [0.2, 0.25) is 0 Å². The van der Waals surface area contributed by atoms with Gasteiger partial charge in [-0.15, -0.1) is 0 Å². The van der Waals surface area contributed by atoms with Crippen molar-refractivity contribution in [3.8, 4) is 0 Å². The van der Waals surface area contributed by atoms with Crippen LogP contribution < -0.4 is 10.6 Å². The van der Waals surface area contributed by atoms with Crippen LogP contribution in [0, 0.1) is 0 Å². The first kappa shape index (κ1) is 22.4. The summed E-state index contributed by atoms with van der Waals surface area (Å²) in [5.41, 5.74) is 0.740. The van der Waals surface area contributed by atoms with Crippen molar-refractivity contribution in [1.82, 2.24) is 25.5 Å². The molecule has 3 heterocycles. The summed E-state index contributed by atoms with van der Waals surface area (Å²) in [5, 5.41) is 15.9. The number of carbonyl (C=O) groups excluding carboxylic acids is 2. The second kappa shape index (κ2) is 11.2. The summed E-state index contributed by atoms with van der Waals surface area (Å²) in [6.07, 6.45) is 4.17. The Bertz CT molecular complexity index is 691. The van der Waals surface area contributed by atoms with Crippen LogP contribution in [-0.4, -0.2) is 82.6 Å². The molecule has 3 amide bonds. The van der Waals surface area contributed by atoms with Gasteiger partial charge in [0.2, 0.25) is 5.91 Å². The molecule has 0 saturated carbocycles. The number of β-amino-alcohol motifs (C(OH)–C–C–N with tert-alkyl or cyclic N) is 1. The molecule has 10 nitrogen and oxygen atoms in total. The molecule has 0 aliphatic carbocycles. The summed E-state index contributed by atoms with van der Waals surface area (Å²) in [5.74, 6) is -0.114. The summed E-state index contributed by atoms with van der Waals surface area (Å²) < 4.78 is 11.7. The molecule has 30 heavy (non-hydrogen) atoms. The molecule has 166 valence electrons. The number of ether oxygens (including phenoxy) is 2. The van der Waals surface area contributed by atoms with Gasteiger partial charge in [0.25, 0.3) is 0 Å². The Labute approximate surface area is 176 Å². The summed E-state index contributed by atoms with van der Waals surface area (Å²) in [6.45, 7) is 3.53. The molecule has 0 unspecified atom stereocenters. The van der Waals surface area contributed by atoms with Crippen molar-refractivity contribution in [2.75, 3.05) is 26.3 Å². The maximum atomic E-state index is 12.6. The molecule has 3 N–H and O–H groups in total. The van der Waals surface area contributed by atoms with Gasteiger partial charge < -0.3 is 30.1 Å². The van der Waals surface area contributed by atoms with Gasteiger partial charge >= 0.3 is 6.03 Å². The number of amides is 3. The Morgan fingerprint density at radius 2 is 2.17 bits per heavy atom. The van der Waals surface area contributed by atoms with E-state index in [0.717, 1.165) is 12.1 Å². The van der Waals surface area contributed by atoms with E-state index in [2.05, 4.69) is 20.6 Å². The summed E-state index contributed by atoms with van der Waals surface area (Å²) in [6, 6.07) is 1.36. The Balaban J connectivity index is 1.55. The standard InChI is InChI=1S/C20H31N5O5/c1-2-6-22-20(28)25-10-15(26)11-29-12-18-17(25)4-3-16(30-18)8-19(27)23-9-14-5-7-21-13-24-14/h5,7,13,15-18,26H,2-4,6,8-12H2,1H3,(H,22,28)(H,23,27)/t15-,16+,17-,18+/m1/s1. The molecular formula is C20H31N5O5. The number of aliphatic hydroxyl groups excluding tert-OH is 1. The lowest BCUT2D eigenvalue weighted by Gasteiger charge is -2.44. The van der Waals surface area contributed by atoms with Gasteiger partial charge in [-0.2, -0.15) is 0 Å². The number of hydrogen-bond donors (Lipinski definition) is 3. The molecule has 1 aromatic heterocycles. The number of nitrogens with zero attached hydrogens (tertiary/aromatic N) is 3. The molecule has 0 spiro atoms. The van der Waals surface area contributed by atoms with E-state index in [9.17, 15) is 14.7 Å². The van der Waals surface area contributed by atoms with Crippen molar-refractivity contribution < 1.29 is 24.2 Å². The lowest BCUT2D eigenvalue weighted by molar-refractivity contribution is -0.150. The number of carbonyl (C=O) groups is 2. The maximum Gasteiger partial charge on any atom is 0.317 e. The smallest absolute Gasteiger partial charge is 0.317 e. The SMILES string of the molecule is CCCNC(=O)N1C[C@@H](O)COC[C@@H]2O[C@H](CC(=O)NCc3ccncn3)CC[C@H]21. The lowest BCUT2D eigenvalue weighted by atomic mass is 9.95. The van der Waals surface area contributed by atoms with E-state index in [4.69, 9.17) is 9.47 Å². The van der Waals surface area contributed by atoms with Gasteiger partial charge in [0.1, 0.15) is 12.4 Å². The van der Waals surface area contributed by atoms with Gasteiger partial charge in [-0.3, -0.25) is 4.79 Å². The third-order valence-electron chi connectivity index (χ3n) is 5.29. The molecule has 1 aromatic rings. The molecule has 2 aliphatic rings. The fourth-order valence-corrected chi connectivity index (χ4v) is 3.80. The van der Waals surface area contributed by atoms with E-state index < -0.39 is 6.10 Å². The summed E-state index contributed by atoms with van der Waals surface area (Å²) in [7, 11) is 0. The molecule has 2 fully saturated rings. The number of hydrogen-bond acceptors (Lipinski definition) is 7. The quantitative estimate of drug-likeness (QED) is 0.599. The number of fused-ring (bicyclic) bond motifs is 1. The van der Waals surface area contributed by atoms with Crippen molar-refractivity contribution in [3.05, 3.63) is 24.3 Å². The van der Waals surface area contributed by atoms with Crippen LogP contribution in [0.4, 0.5) is 4.79 Å². The van der Waals surface area contributed by atoms with Gasteiger partial charge in [-0.25, -0.2) is 14.8 Å². The van der Waals surface area contributed by atoms with E-state index in [-0.39, 0.29) is 56.4 Å². The number of urea groups is 1. The Morgan fingerprint density at radius 1 is 1.30 bits per heavy atom. The van der Waals surface area contributed by atoms with Gasteiger partial charge in [-0.1, -0.05) is 6.92 Å². The molecule has 2 saturated heterocycles. The Kier molecular flexibility index (Phi) is 8.35. The van der Waals surface area contributed by atoms with Crippen LogP contribution >= 0.6 is 0 Å². The average molecular weight is 421 g/mol. The number of aromatic nitrogens is 2. The predicted molar refractivity (Wildman–Crippen MR) is 107 cm³/mol. The minimum atomic E-state index is -0.733. The second-order valence-electron chi connectivity index (χ2n) is 7.70. The molecule has 10 heteroatoms. The van der Waals surface area contributed by atoms with Gasteiger partial charge in [-0.05, 0) is 25.3 Å². The Hall–Kier alpha value is -2.30. The van der Waals surface area contributed by atoms with Gasteiger partial charge in [0, 0.05) is 12.7 Å². The van der Waals surface area contributed by atoms with E-state index in [1.54, 1.807) is 17.2 Å². The van der Waals surface area contributed by atoms with E-state index >= 15 is 0 Å². The van der Waals surface area contributed by atoms with Gasteiger partial charge in [0.05, 0.1) is 56.7 Å². The highest BCUT2D eigenvalue weighted by atomic mass is 16.5. The molecule has 0 bridgehead atoms. The number of aliphatic hydroxyl groups is 1. The van der Waals surface area contributed by atoms with Gasteiger partial charge in [0.15, 0.2) is 0 Å². The normalized spacial score (nSPS) is 26.8. The van der Waals surface area contributed by atoms with E-state index in [1.807, 2.05) is 6.92 Å². The van der Waals surface area contributed by atoms with Crippen LogP contribution in [0.15, 0.2) is 18.6 Å². The highest BCUT2D eigenvalue weighted by molar-refractivity contribution is 5.76. The molecule has 3 rings (SSSR count). The van der Waals surface area contributed by atoms with E-state index in [0.29, 0.717) is 25.9 Å². The Morgan fingerprint density at radius 3 is 2.93 bits per heavy atom. The minimum absolute atomic E-state index is 0.114. The topological polar surface area (TPSA) is 126 Å². The zero-order valence-corrected chi connectivity index (χ0v) is 17.3. The molecule has 2 aliphatic heterocycles. The van der Waals surface area contributed by atoms with Crippen molar-refractivity contribution in [2.45, 2.75) is 63.5 Å². The summed E-state index contributed by atoms with van der Waals surface area (Å²) in [4.78, 5) is 34.6. The monoisotopic (exact) mass is 421 g/mol. The summed E-state index contributed by atoms with van der Waals surface area (Å²) >= 11 is 0. The third kappa shape index (κ3) is 6.35. The highest BCUT2D eigenvalue weighted by Gasteiger charge is 2.39. The first-order chi connectivity index (χ1) is 14.6. The highest BCUT2D eigenvalue weighted by Crippen LogP contribution is 2.27. The number of nitrogens with one attached hydrogen (secondary N) is 2. The molecule has 0 aromatic carbocycles. The lowest BCUT2D eigenvalue weighted by Crippen LogP contribution is -2.59. The van der Waals surface area contributed by atoms with Crippen molar-refractivity contribution >= 4 is 11.9 Å². The van der Waals surface area contributed by atoms with Crippen molar-refractivity contribution in [2.24, 2.45) is 0 Å². The fourth-order valence-electron chi connectivity index (χ4n) is 3.80. The minimum Gasteiger partial charge on any atom is -0.389 e. The van der Waals surface area contributed by atoms with Crippen LogP contribution in [0.1, 0.15) is 38.3 Å². The van der Waals surface area contributed by atoms with Crippen LogP contribution in [0.5, 0.6) is 0 Å². The predicted octanol–water partition coefficient (Wildman–Crippen LogP) is 0.212. The maximum absolute atomic E-state index is 12.6. The van der Waals surface area contributed by atoms with Crippen LogP contribution in [0.3, 0.4) is 0 Å². The average Bonchev–Trinajstić information content (AvgIpc) is 2.74. The number of rotatable bonds is 6. The largest absolute Gasteiger partial charge is 0.389 e. The first-order valence-corrected chi connectivity index (χ1v) is 10.5. The molecular weight excluding hydrogens is 390 g/mol. The van der Waals surface area contributed by atoms with Crippen molar-refractivity contribution in [3.63, 3.8) is 0 Å². The first-order valence-electron chi connectivity index (χ1n) is 10.5. The van der Waals surface area contributed by atoms with E-state index in [1.165, 1.54) is 6.33 Å². The third-order valence-corrected chi connectivity index (χ3v) is 5.29.